The molecule has 0 radical (unpaired) electrons. The van der Waals surface area contributed by atoms with Gasteiger partial charge in [0.1, 0.15) is 0 Å². The van der Waals surface area contributed by atoms with Gasteiger partial charge in [-0.05, 0) is 24.9 Å². The van der Waals surface area contributed by atoms with E-state index in [0.29, 0.717) is 0 Å². The Kier molecular flexibility index (Phi) is 3.48. The van der Waals surface area contributed by atoms with Crippen LogP contribution in [0.4, 0.5) is 0 Å². The maximum absolute atomic E-state index is 10.8. The Labute approximate surface area is 102 Å². The van der Waals surface area contributed by atoms with Crippen LogP contribution in [0.3, 0.4) is 0 Å². The van der Waals surface area contributed by atoms with Crippen LogP contribution < -0.4 is 0 Å². The SMILES string of the molecule is CC1(c2ccccc2)CCCN(CC(=O)O)C1. The lowest BCUT2D eigenvalue weighted by Gasteiger charge is -2.40. The van der Waals surface area contributed by atoms with E-state index in [2.05, 4.69) is 31.2 Å². The summed E-state index contributed by atoms with van der Waals surface area (Å²) >= 11 is 0. The molecule has 92 valence electrons. The first-order valence-electron chi connectivity index (χ1n) is 6.10. The van der Waals surface area contributed by atoms with Crippen LogP contribution in [-0.4, -0.2) is 35.6 Å². The highest BCUT2D eigenvalue weighted by atomic mass is 16.4. The summed E-state index contributed by atoms with van der Waals surface area (Å²) < 4.78 is 0. The molecule has 1 aliphatic rings. The fourth-order valence-corrected chi connectivity index (χ4v) is 2.75. The number of benzene rings is 1. The molecule has 0 saturated carbocycles. The maximum atomic E-state index is 10.8. The van der Waals surface area contributed by atoms with E-state index in [9.17, 15) is 4.79 Å². The monoisotopic (exact) mass is 233 g/mol. The molecule has 1 atom stereocenters. The minimum Gasteiger partial charge on any atom is -0.480 e. The summed E-state index contributed by atoms with van der Waals surface area (Å²) in [6.45, 7) is 4.12. The molecule has 1 saturated heterocycles. The average Bonchev–Trinajstić information content (AvgIpc) is 2.29. The Morgan fingerprint density at radius 3 is 2.76 bits per heavy atom. The predicted molar refractivity (Wildman–Crippen MR) is 67.1 cm³/mol. The van der Waals surface area contributed by atoms with Gasteiger partial charge in [-0.3, -0.25) is 9.69 Å². The first kappa shape index (κ1) is 12.1. The molecule has 1 unspecified atom stereocenters. The van der Waals surface area contributed by atoms with Crippen LogP contribution in [0.5, 0.6) is 0 Å². The molecule has 3 nitrogen and oxygen atoms in total. The fraction of sp³-hybridized carbons (Fsp3) is 0.500. The lowest BCUT2D eigenvalue weighted by molar-refractivity contribution is -0.138. The Morgan fingerprint density at radius 2 is 2.12 bits per heavy atom. The zero-order valence-electron chi connectivity index (χ0n) is 10.2. The van der Waals surface area contributed by atoms with E-state index in [4.69, 9.17) is 5.11 Å². The smallest absolute Gasteiger partial charge is 0.317 e. The van der Waals surface area contributed by atoms with Crippen molar-refractivity contribution in [2.75, 3.05) is 19.6 Å². The Hall–Kier alpha value is -1.35. The van der Waals surface area contributed by atoms with E-state index < -0.39 is 5.97 Å². The number of carboxylic acids is 1. The number of hydrogen-bond donors (Lipinski definition) is 1. The van der Waals surface area contributed by atoms with Gasteiger partial charge in [-0.15, -0.1) is 0 Å². The number of carbonyl (C=O) groups is 1. The zero-order valence-corrected chi connectivity index (χ0v) is 10.2. The van der Waals surface area contributed by atoms with Gasteiger partial charge in [0.05, 0.1) is 6.54 Å². The van der Waals surface area contributed by atoms with Crippen LogP contribution >= 0.6 is 0 Å². The summed E-state index contributed by atoms with van der Waals surface area (Å²) in [4.78, 5) is 12.8. The van der Waals surface area contributed by atoms with Crippen LogP contribution in [0.25, 0.3) is 0 Å². The minimum atomic E-state index is -0.734. The Balaban J connectivity index is 2.12. The molecule has 17 heavy (non-hydrogen) atoms. The fourth-order valence-electron chi connectivity index (χ4n) is 2.75. The quantitative estimate of drug-likeness (QED) is 0.869. The van der Waals surface area contributed by atoms with Crippen LogP contribution in [0.2, 0.25) is 0 Å². The van der Waals surface area contributed by atoms with Crippen LogP contribution in [-0.2, 0) is 10.2 Å². The number of carboxylic acid groups (broad SMARTS) is 1. The van der Waals surface area contributed by atoms with Crippen molar-refractivity contribution in [3.8, 4) is 0 Å². The molecule has 0 spiro atoms. The van der Waals surface area contributed by atoms with Crippen molar-refractivity contribution in [2.45, 2.75) is 25.2 Å². The molecule has 1 fully saturated rings. The second-order valence-electron chi connectivity index (χ2n) is 5.13. The highest BCUT2D eigenvalue weighted by Gasteiger charge is 2.32. The lowest BCUT2D eigenvalue weighted by Crippen LogP contribution is -2.46. The number of rotatable bonds is 3. The van der Waals surface area contributed by atoms with Gasteiger partial charge in [-0.2, -0.15) is 0 Å². The number of nitrogens with zero attached hydrogens (tertiary/aromatic N) is 1. The number of likely N-dealkylation sites (tertiary alicyclic amines) is 1. The van der Waals surface area contributed by atoms with E-state index in [1.165, 1.54) is 5.56 Å². The summed E-state index contributed by atoms with van der Waals surface area (Å²) in [7, 11) is 0. The Morgan fingerprint density at radius 1 is 1.41 bits per heavy atom. The number of aliphatic carboxylic acids is 1. The standard InChI is InChI=1S/C14H19NO2/c1-14(12-6-3-2-4-7-12)8-5-9-15(11-14)10-13(16)17/h2-4,6-7H,5,8-11H2,1H3,(H,16,17). The van der Waals surface area contributed by atoms with Gasteiger partial charge in [0.2, 0.25) is 0 Å². The minimum absolute atomic E-state index is 0.0922. The van der Waals surface area contributed by atoms with Gasteiger partial charge >= 0.3 is 5.97 Å². The van der Waals surface area contributed by atoms with Gasteiger partial charge in [0, 0.05) is 12.0 Å². The lowest BCUT2D eigenvalue weighted by atomic mass is 9.76. The molecular formula is C14H19NO2. The van der Waals surface area contributed by atoms with Gasteiger partial charge in [-0.1, -0.05) is 37.3 Å². The topological polar surface area (TPSA) is 40.5 Å². The second-order valence-corrected chi connectivity index (χ2v) is 5.13. The van der Waals surface area contributed by atoms with Crippen molar-refractivity contribution in [3.05, 3.63) is 35.9 Å². The molecule has 2 rings (SSSR count). The van der Waals surface area contributed by atoms with E-state index in [1.54, 1.807) is 0 Å². The van der Waals surface area contributed by atoms with Gasteiger partial charge in [0.25, 0.3) is 0 Å². The third kappa shape index (κ3) is 2.86. The molecule has 1 aromatic rings. The predicted octanol–water partition coefficient (Wildman–Crippen LogP) is 2.12. The molecule has 0 amide bonds. The van der Waals surface area contributed by atoms with Crippen LogP contribution in [0, 0.1) is 0 Å². The molecular weight excluding hydrogens is 214 g/mol. The van der Waals surface area contributed by atoms with Crippen molar-refractivity contribution in [2.24, 2.45) is 0 Å². The molecule has 1 heterocycles. The molecule has 0 aromatic heterocycles. The summed E-state index contributed by atoms with van der Waals surface area (Å²) in [6, 6.07) is 10.4. The first-order chi connectivity index (χ1) is 8.10. The molecule has 1 aliphatic heterocycles. The van der Waals surface area contributed by atoms with Crippen molar-refractivity contribution in [1.82, 2.24) is 4.90 Å². The number of hydrogen-bond acceptors (Lipinski definition) is 2. The third-order valence-electron chi connectivity index (χ3n) is 3.61. The van der Waals surface area contributed by atoms with Crippen molar-refractivity contribution in [3.63, 3.8) is 0 Å². The van der Waals surface area contributed by atoms with Crippen molar-refractivity contribution >= 4 is 5.97 Å². The van der Waals surface area contributed by atoms with Crippen molar-refractivity contribution < 1.29 is 9.90 Å². The largest absolute Gasteiger partial charge is 0.480 e. The van der Waals surface area contributed by atoms with E-state index >= 15 is 0 Å². The molecule has 3 heteroatoms. The molecule has 0 bridgehead atoms. The van der Waals surface area contributed by atoms with Gasteiger partial charge in [-0.25, -0.2) is 0 Å². The summed E-state index contributed by atoms with van der Waals surface area (Å²) in [5.74, 6) is -0.734. The van der Waals surface area contributed by atoms with E-state index in [-0.39, 0.29) is 12.0 Å². The highest BCUT2D eigenvalue weighted by Crippen LogP contribution is 2.33. The normalized spacial score (nSPS) is 25.7. The highest BCUT2D eigenvalue weighted by molar-refractivity contribution is 5.69. The van der Waals surface area contributed by atoms with Crippen LogP contribution in [0.1, 0.15) is 25.3 Å². The summed E-state index contributed by atoms with van der Waals surface area (Å²) in [5.41, 5.74) is 1.41. The van der Waals surface area contributed by atoms with E-state index in [0.717, 1.165) is 25.9 Å². The Bertz CT molecular complexity index is 390. The molecule has 0 aliphatic carbocycles. The first-order valence-corrected chi connectivity index (χ1v) is 6.10. The molecule has 1 aromatic carbocycles. The second kappa shape index (κ2) is 4.88. The zero-order chi connectivity index (χ0) is 12.3. The van der Waals surface area contributed by atoms with Crippen molar-refractivity contribution in [1.29, 1.82) is 0 Å². The average molecular weight is 233 g/mol. The maximum Gasteiger partial charge on any atom is 0.317 e. The third-order valence-corrected chi connectivity index (χ3v) is 3.61. The van der Waals surface area contributed by atoms with Crippen LogP contribution in [0.15, 0.2) is 30.3 Å². The van der Waals surface area contributed by atoms with E-state index in [1.807, 2.05) is 11.0 Å². The van der Waals surface area contributed by atoms with Gasteiger partial charge in [0.15, 0.2) is 0 Å². The van der Waals surface area contributed by atoms with Gasteiger partial charge < -0.3 is 5.11 Å². The summed E-state index contributed by atoms with van der Waals surface area (Å²) in [6.07, 6.45) is 2.20. The summed E-state index contributed by atoms with van der Waals surface area (Å²) in [5, 5.41) is 8.86. The number of piperidine rings is 1. The molecule has 1 N–H and O–H groups in total.